The van der Waals surface area contributed by atoms with Gasteiger partial charge >= 0.3 is 0 Å². The zero-order chi connectivity index (χ0) is 16.3. The fraction of sp³-hybridized carbons (Fsp3) is 0.471. The quantitative estimate of drug-likeness (QED) is 0.874. The van der Waals surface area contributed by atoms with Crippen molar-refractivity contribution in [2.24, 2.45) is 0 Å². The molecule has 1 fully saturated rings. The van der Waals surface area contributed by atoms with Gasteiger partial charge in [-0.15, -0.1) is 0 Å². The molecule has 23 heavy (non-hydrogen) atoms. The fourth-order valence-corrected chi connectivity index (χ4v) is 3.92. The van der Waals surface area contributed by atoms with E-state index in [-0.39, 0.29) is 5.91 Å². The zero-order valence-electron chi connectivity index (χ0n) is 13.2. The van der Waals surface area contributed by atoms with Crippen LogP contribution >= 0.6 is 11.8 Å². The summed E-state index contributed by atoms with van der Waals surface area (Å²) in [6.07, 6.45) is 4.74. The number of imidazole rings is 1. The summed E-state index contributed by atoms with van der Waals surface area (Å²) in [4.78, 5) is 21.8. The number of nitrogens with one attached hydrogen (secondary N) is 1. The number of hydrogen-bond donors (Lipinski definition) is 1. The molecule has 1 aliphatic rings. The standard InChI is InChI=1S/C17H20N4OS/c1-21(17(12-18)9-5-2-6-10-17)15(22)11-23-16-19-13-7-3-4-8-14(13)20-16/h3-4,7-8H,2,5-6,9-11H2,1H3,(H,19,20). The SMILES string of the molecule is CN(C(=O)CSc1nc2ccccc2[nH]1)C1(C#N)CCCCC1. The van der Waals surface area contributed by atoms with Crippen molar-refractivity contribution in [1.29, 1.82) is 5.26 Å². The van der Waals surface area contributed by atoms with Gasteiger partial charge in [0.1, 0.15) is 5.54 Å². The molecule has 0 saturated heterocycles. The van der Waals surface area contributed by atoms with E-state index in [1.807, 2.05) is 24.3 Å². The summed E-state index contributed by atoms with van der Waals surface area (Å²) in [7, 11) is 1.76. The number of aromatic amines is 1. The molecule has 5 nitrogen and oxygen atoms in total. The van der Waals surface area contributed by atoms with Gasteiger partial charge in [0.2, 0.25) is 5.91 Å². The lowest BCUT2D eigenvalue weighted by Gasteiger charge is -2.39. The van der Waals surface area contributed by atoms with Crippen LogP contribution in [0.5, 0.6) is 0 Å². The van der Waals surface area contributed by atoms with Gasteiger partial charge in [0, 0.05) is 7.05 Å². The Hall–Kier alpha value is -2.00. The van der Waals surface area contributed by atoms with Gasteiger partial charge in [0.25, 0.3) is 0 Å². The lowest BCUT2D eigenvalue weighted by atomic mass is 9.81. The first-order chi connectivity index (χ1) is 11.1. The van der Waals surface area contributed by atoms with Crippen molar-refractivity contribution in [3.8, 4) is 6.07 Å². The lowest BCUT2D eigenvalue weighted by molar-refractivity contribution is -0.131. The predicted molar refractivity (Wildman–Crippen MR) is 91.0 cm³/mol. The Morgan fingerprint density at radius 1 is 1.39 bits per heavy atom. The third-order valence-electron chi connectivity index (χ3n) is 4.60. The average molecular weight is 328 g/mol. The topological polar surface area (TPSA) is 72.8 Å². The zero-order valence-corrected chi connectivity index (χ0v) is 14.0. The minimum atomic E-state index is -0.621. The number of H-pyrrole nitrogens is 1. The van der Waals surface area contributed by atoms with Gasteiger partial charge in [0.05, 0.1) is 22.9 Å². The van der Waals surface area contributed by atoms with E-state index in [1.54, 1.807) is 11.9 Å². The Bertz CT molecular complexity index is 709. The number of amides is 1. The molecule has 3 rings (SSSR count). The number of thioether (sulfide) groups is 1. The predicted octanol–water partition coefficient (Wildman–Crippen LogP) is 3.34. The van der Waals surface area contributed by atoms with Crippen LogP contribution in [-0.4, -0.2) is 39.1 Å². The van der Waals surface area contributed by atoms with Gasteiger partial charge in [-0.3, -0.25) is 4.79 Å². The molecule has 1 amide bonds. The smallest absolute Gasteiger partial charge is 0.234 e. The van der Waals surface area contributed by atoms with E-state index < -0.39 is 5.54 Å². The van der Waals surface area contributed by atoms with E-state index in [4.69, 9.17) is 0 Å². The Morgan fingerprint density at radius 2 is 2.13 bits per heavy atom. The van der Waals surface area contributed by atoms with Crippen LogP contribution in [0.4, 0.5) is 0 Å². The molecule has 1 aromatic carbocycles. The van der Waals surface area contributed by atoms with Crippen LogP contribution in [0.15, 0.2) is 29.4 Å². The van der Waals surface area contributed by atoms with Gasteiger partial charge < -0.3 is 9.88 Å². The van der Waals surface area contributed by atoms with Crippen LogP contribution in [0.2, 0.25) is 0 Å². The van der Waals surface area contributed by atoms with Crippen molar-refractivity contribution in [2.75, 3.05) is 12.8 Å². The second-order valence-electron chi connectivity index (χ2n) is 6.00. The third-order valence-corrected chi connectivity index (χ3v) is 5.46. The van der Waals surface area contributed by atoms with E-state index in [2.05, 4.69) is 16.0 Å². The Balaban J connectivity index is 1.65. The summed E-state index contributed by atoms with van der Waals surface area (Å²) in [6.45, 7) is 0. The summed E-state index contributed by atoms with van der Waals surface area (Å²) in [5.41, 5.74) is 1.25. The molecule has 0 unspecified atom stereocenters. The number of nitrogens with zero attached hydrogens (tertiary/aromatic N) is 3. The van der Waals surface area contributed by atoms with Gasteiger partial charge in [-0.25, -0.2) is 4.98 Å². The fourth-order valence-electron chi connectivity index (χ4n) is 3.12. The Labute approximate surface area is 140 Å². The molecule has 6 heteroatoms. The molecule has 1 heterocycles. The van der Waals surface area contributed by atoms with E-state index in [0.29, 0.717) is 5.75 Å². The van der Waals surface area contributed by atoms with Crippen LogP contribution in [0.25, 0.3) is 11.0 Å². The number of fused-ring (bicyclic) bond motifs is 1. The molecular weight excluding hydrogens is 308 g/mol. The number of carbonyl (C=O) groups is 1. The Morgan fingerprint density at radius 3 is 2.83 bits per heavy atom. The maximum atomic E-state index is 12.5. The number of aromatic nitrogens is 2. The number of carbonyl (C=O) groups excluding carboxylic acids is 1. The second-order valence-corrected chi connectivity index (χ2v) is 6.97. The number of rotatable bonds is 4. The molecule has 1 N–H and O–H groups in total. The molecule has 1 aromatic heterocycles. The highest BCUT2D eigenvalue weighted by Crippen LogP contribution is 2.33. The molecule has 0 aliphatic heterocycles. The monoisotopic (exact) mass is 328 g/mol. The van der Waals surface area contributed by atoms with Crippen molar-refractivity contribution in [3.05, 3.63) is 24.3 Å². The Kier molecular flexibility index (Phi) is 4.58. The van der Waals surface area contributed by atoms with Gasteiger partial charge in [0.15, 0.2) is 5.16 Å². The van der Waals surface area contributed by atoms with E-state index in [9.17, 15) is 10.1 Å². The lowest BCUT2D eigenvalue weighted by Crippen LogP contribution is -2.50. The third kappa shape index (κ3) is 3.20. The first kappa shape index (κ1) is 15.9. The molecule has 1 aliphatic carbocycles. The van der Waals surface area contributed by atoms with Crippen molar-refractivity contribution < 1.29 is 4.79 Å². The number of hydrogen-bond acceptors (Lipinski definition) is 4. The van der Waals surface area contributed by atoms with E-state index in [1.165, 1.54) is 11.8 Å². The molecule has 0 atom stereocenters. The molecule has 0 spiro atoms. The van der Waals surface area contributed by atoms with Gasteiger partial charge in [-0.1, -0.05) is 43.2 Å². The number of nitriles is 1. The molecule has 0 radical (unpaired) electrons. The van der Waals surface area contributed by atoms with Crippen LogP contribution < -0.4 is 0 Å². The maximum Gasteiger partial charge on any atom is 0.234 e. The average Bonchev–Trinajstić information content (AvgIpc) is 3.02. The second kappa shape index (κ2) is 6.63. The normalized spacial score (nSPS) is 16.9. The molecule has 120 valence electrons. The summed E-state index contributed by atoms with van der Waals surface area (Å²) in [5, 5.41) is 10.3. The first-order valence-corrected chi connectivity index (χ1v) is 8.89. The van der Waals surface area contributed by atoms with Crippen LogP contribution in [0.3, 0.4) is 0 Å². The first-order valence-electron chi connectivity index (χ1n) is 7.90. The highest BCUT2D eigenvalue weighted by molar-refractivity contribution is 7.99. The minimum Gasteiger partial charge on any atom is -0.333 e. The van der Waals surface area contributed by atoms with E-state index >= 15 is 0 Å². The summed E-state index contributed by atoms with van der Waals surface area (Å²) < 4.78 is 0. The van der Waals surface area contributed by atoms with Crippen molar-refractivity contribution in [1.82, 2.24) is 14.9 Å². The number of benzene rings is 1. The highest BCUT2D eigenvalue weighted by Gasteiger charge is 2.38. The number of para-hydroxylation sites is 2. The van der Waals surface area contributed by atoms with Crippen LogP contribution in [-0.2, 0) is 4.79 Å². The maximum absolute atomic E-state index is 12.5. The van der Waals surface area contributed by atoms with Crippen LogP contribution in [0.1, 0.15) is 32.1 Å². The molecule has 1 saturated carbocycles. The van der Waals surface area contributed by atoms with Crippen molar-refractivity contribution >= 4 is 28.7 Å². The van der Waals surface area contributed by atoms with Crippen LogP contribution in [0, 0.1) is 11.3 Å². The van der Waals surface area contributed by atoms with Crippen molar-refractivity contribution in [2.45, 2.75) is 42.8 Å². The molecule has 0 bridgehead atoms. The molecular formula is C17H20N4OS. The van der Waals surface area contributed by atoms with Gasteiger partial charge in [-0.05, 0) is 25.0 Å². The highest BCUT2D eigenvalue weighted by atomic mass is 32.2. The summed E-state index contributed by atoms with van der Waals surface area (Å²) in [5.74, 6) is 0.277. The molecule has 2 aromatic rings. The largest absolute Gasteiger partial charge is 0.333 e. The van der Waals surface area contributed by atoms with E-state index in [0.717, 1.165) is 48.3 Å². The van der Waals surface area contributed by atoms with Gasteiger partial charge in [-0.2, -0.15) is 5.26 Å². The van der Waals surface area contributed by atoms with Crippen molar-refractivity contribution in [3.63, 3.8) is 0 Å². The summed E-state index contributed by atoms with van der Waals surface area (Å²) in [6, 6.07) is 10.2. The summed E-state index contributed by atoms with van der Waals surface area (Å²) >= 11 is 1.39. The minimum absolute atomic E-state index is 0.0149.